The van der Waals surface area contributed by atoms with E-state index in [2.05, 4.69) is 120 Å². The molecule has 48 heavy (non-hydrogen) atoms. The zero-order valence-corrected chi connectivity index (χ0v) is 26.0. The van der Waals surface area contributed by atoms with Crippen LogP contribution in [0.5, 0.6) is 0 Å². The molecule has 6 aromatic carbocycles. The number of nitrogens with zero attached hydrogens (tertiary/aromatic N) is 4. The fourth-order valence-electron chi connectivity index (χ4n) is 7.37. The van der Waals surface area contributed by atoms with Crippen LogP contribution >= 0.6 is 0 Å². The van der Waals surface area contributed by atoms with Crippen molar-refractivity contribution in [3.05, 3.63) is 151 Å². The first-order chi connectivity index (χ1) is 23.8. The summed E-state index contributed by atoms with van der Waals surface area (Å²) in [5.41, 5.74) is 9.38. The molecule has 0 saturated carbocycles. The number of furan rings is 1. The lowest BCUT2D eigenvalue weighted by molar-refractivity contribution is 0.669. The van der Waals surface area contributed by atoms with E-state index in [9.17, 15) is 0 Å². The zero-order valence-electron chi connectivity index (χ0n) is 26.0. The summed E-state index contributed by atoms with van der Waals surface area (Å²) in [6.45, 7) is 0. The van der Waals surface area contributed by atoms with Gasteiger partial charge in [0.2, 0.25) is 0 Å². The first kappa shape index (κ1) is 26.8. The maximum atomic E-state index is 6.41. The number of aryl methyl sites for hydroxylation is 1. The van der Waals surface area contributed by atoms with E-state index in [1.807, 2.05) is 30.3 Å². The quantitative estimate of drug-likeness (QED) is 0.197. The Labute approximate surface area is 276 Å². The molecule has 0 fully saturated rings. The molecule has 1 aliphatic carbocycles. The normalized spacial score (nSPS) is 12.8. The SMILES string of the molecule is C1=Cc2c(c3ccccc3n2-c2cccc(-c3nc(-c4ccccc4)nc(-c4c5ccccc5cc5oc6ccccc6c45)n3)c2)CC1. The maximum Gasteiger partial charge on any atom is 0.165 e. The van der Waals surface area contributed by atoms with Gasteiger partial charge in [-0.2, -0.15) is 0 Å². The van der Waals surface area contributed by atoms with Crippen molar-refractivity contribution >= 4 is 49.7 Å². The van der Waals surface area contributed by atoms with Crippen molar-refractivity contribution in [2.24, 2.45) is 0 Å². The molecule has 5 nitrogen and oxygen atoms in total. The molecule has 3 aromatic heterocycles. The van der Waals surface area contributed by atoms with Gasteiger partial charge in [0.05, 0.1) is 5.52 Å². The second-order valence-corrected chi connectivity index (χ2v) is 12.3. The van der Waals surface area contributed by atoms with E-state index in [0.29, 0.717) is 17.5 Å². The molecule has 0 aliphatic heterocycles. The number of para-hydroxylation sites is 2. The van der Waals surface area contributed by atoms with Gasteiger partial charge < -0.3 is 8.98 Å². The van der Waals surface area contributed by atoms with Gasteiger partial charge in [0.15, 0.2) is 17.5 Å². The summed E-state index contributed by atoms with van der Waals surface area (Å²) in [6.07, 6.45) is 6.64. The number of aromatic nitrogens is 4. The molecule has 0 unspecified atom stereocenters. The van der Waals surface area contributed by atoms with Crippen LogP contribution in [0.25, 0.3) is 89.5 Å². The number of hydrogen-bond acceptors (Lipinski definition) is 4. The highest BCUT2D eigenvalue weighted by Gasteiger charge is 2.22. The molecule has 10 rings (SSSR count). The molecule has 9 aromatic rings. The van der Waals surface area contributed by atoms with E-state index in [4.69, 9.17) is 19.4 Å². The molecule has 0 saturated heterocycles. The maximum absolute atomic E-state index is 6.41. The number of benzene rings is 6. The van der Waals surface area contributed by atoms with Crippen molar-refractivity contribution < 1.29 is 4.42 Å². The van der Waals surface area contributed by atoms with E-state index in [0.717, 1.165) is 67.9 Å². The minimum atomic E-state index is 0.615. The molecule has 0 spiro atoms. The lowest BCUT2D eigenvalue weighted by atomic mass is 9.98. The van der Waals surface area contributed by atoms with Crippen LogP contribution in [0.3, 0.4) is 0 Å². The van der Waals surface area contributed by atoms with Gasteiger partial charge in [0.25, 0.3) is 0 Å². The van der Waals surface area contributed by atoms with Crippen LogP contribution < -0.4 is 0 Å². The fourth-order valence-corrected chi connectivity index (χ4v) is 7.37. The van der Waals surface area contributed by atoms with Crippen LogP contribution in [0.1, 0.15) is 17.7 Å². The summed E-state index contributed by atoms with van der Waals surface area (Å²) in [6, 6.07) is 46.1. The van der Waals surface area contributed by atoms with Crippen molar-refractivity contribution in [3.63, 3.8) is 0 Å². The van der Waals surface area contributed by atoms with Gasteiger partial charge in [0, 0.05) is 44.2 Å². The van der Waals surface area contributed by atoms with E-state index in [-0.39, 0.29) is 0 Å². The number of rotatable bonds is 4. The molecule has 226 valence electrons. The predicted octanol–water partition coefficient (Wildman–Crippen LogP) is 10.8. The standard InChI is InChI=1S/C43H28N4O/c1-2-13-27(14-3-1)41-44-42(29-16-12-17-30(25-29)47-35-22-9-6-19-32(35)33-20-7-10-23-36(33)47)46-43(45-41)40-31-18-5-4-15-28(31)26-38-39(40)34-21-8-11-24-37(34)48-38/h1-6,8-19,21-26H,7,20H2. The summed E-state index contributed by atoms with van der Waals surface area (Å²) in [7, 11) is 0. The third kappa shape index (κ3) is 4.14. The van der Waals surface area contributed by atoms with E-state index in [1.54, 1.807) is 0 Å². The average molecular weight is 617 g/mol. The Hall–Kier alpha value is -6.33. The zero-order chi connectivity index (χ0) is 31.6. The predicted molar refractivity (Wildman–Crippen MR) is 195 cm³/mol. The Morgan fingerprint density at radius 2 is 1.27 bits per heavy atom. The van der Waals surface area contributed by atoms with Crippen LogP contribution in [0.2, 0.25) is 0 Å². The summed E-state index contributed by atoms with van der Waals surface area (Å²) in [5.74, 6) is 1.86. The van der Waals surface area contributed by atoms with Crippen LogP contribution in [-0.2, 0) is 6.42 Å². The number of fused-ring (bicyclic) bond motifs is 7. The van der Waals surface area contributed by atoms with Crippen molar-refractivity contribution in [1.29, 1.82) is 0 Å². The van der Waals surface area contributed by atoms with Gasteiger partial charge in [-0.15, -0.1) is 0 Å². The Balaban J connectivity index is 1.25. The molecule has 1 aliphatic rings. The number of hydrogen-bond donors (Lipinski definition) is 0. The second-order valence-electron chi connectivity index (χ2n) is 12.3. The highest BCUT2D eigenvalue weighted by Crippen LogP contribution is 2.41. The lowest BCUT2D eigenvalue weighted by Crippen LogP contribution is -2.03. The monoisotopic (exact) mass is 616 g/mol. The van der Waals surface area contributed by atoms with Crippen molar-refractivity contribution in [2.75, 3.05) is 0 Å². The molecular formula is C43H28N4O. The van der Waals surface area contributed by atoms with E-state index >= 15 is 0 Å². The minimum absolute atomic E-state index is 0.615. The number of allylic oxidation sites excluding steroid dienone is 1. The summed E-state index contributed by atoms with van der Waals surface area (Å²) in [5, 5.41) is 5.49. The highest BCUT2D eigenvalue weighted by molar-refractivity contribution is 6.20. The largest absolute Gasteiger partial charge is 0.456 e. The topological polar surface area (TPSA) is 56.7 Å². The van der Waals surface area contributed by atoms with Gasteiger partial charge in [-0.3, -0.25) is 0 Å². The summed E-state index contributed by atoms with van der Waals surface area (Å²) in [4.78, 5) is 15.6. The van der Waals surface area contributed by atoms with Crippen LogP contribution in [0.4, 0.5) is 0 Å². The fraction of sp³-hybridized carbons (Fsp3) is 0.0465. The van der Waals surface area contributed by atoms with Gasteiger partial charge in [-0.1, -0.05) is 109 Å². The third-order valence-corrected chi connectivity index (χ3v) is 9.50. The smallest absolute Gasteiger partial charge is 0.165 e. The molecule has 0 N–H and O–H groups in total. The van der Waals surface area contributed by atoms with Crippen LogP contribution in [0, 0.1) is 0 Å². The molecule has 3 heterocycles. The van der Waals surface area contributed by atoms with Crippen molar-refractivity contribution in [1.82, 2.24) is 19.5 Å². The summed E-state index contributed by atoms with van der Waals surface area (Å²) < 4.78 is 8.78. The van der Waals surface area contributed by atoms with E-state index < -0.39 is 0 Å². The molecule has 0 bridgehead atoms. The van der Waals surface area contributed by atoms with E-state index in [1.165, 1.54) is 22.2 Å². The minimum Gasteiger partial charge on any atom is -0.456 e. The first-order valence-electron chi connectivity index (χ1n) is 16.3. The lowest BCUT2D eigenvalue weighted by Gasteiger charge is -2.14. The molecule has 0 amide bonds. The average Bonchev–Trinajstić information content (AvgIpc) is 3.69. The molecule has 5 heteroatoms. The van der Waals surface area contributed by atoms with Crippen molar-refractivity contribution in [3.8, 4) is 39.9 Å². The van der Waals surface area contributed by atoms with Gasteiger partial charge in [-0.25, -0.2) is 15.0 Å². The molecule has 0 atom stereocenters. The molecular weight excluding hydrogens is 589 g/mol. The highest BCUT2D eigenvalue weighted by atomic mass is 16.3. The van der Waals surface area contributed by atoms with Crippen LogP contribution in [-0.4, -0.2) is 19.5 Å². The molecule has 0 radical (unpaired) electrons. The second kappa shape index (κ2) is 10.6. The third-order valence-electron chi connectivity index (χ3n) is 9.50. The summed E-state index contributed by atoms with van der Waals surface area (Å²) >= 11 is 0. The Kier molecular flexibility index (Phi) is 5.93. The first-order valence-corrected chi connectivity index (χ1v) is 16.3. The van der Waals surface area contributed by atoms with Gasteiger partial charge in [-0.05, 0) is 65.6 Å². The van der Waals surface area contributed by atoms with Gasteiger partial charge in [0.1, 0.15) is 11.2 Å². The van der Waals surface area contributed by atoms with Gasteiger partial charge >= 0.3 is 0 Å². The van der Waals surface area contributed by atoms with Crippen molar-refractivity contribution in [2.45, 2.75) is 12.8 Å². The Morgan fingerprint density at radius 1 is 0.562 bits per heavy atom. The Morgan fingerprint density at radius 3 is 2.17 bits per heavy atom. The van der Waals surface area contributed by atoms with Crippen LogP contribution in [0.15, 0.2) is 144 Å². The Bertz CT molecular complexity index is 2740.